The minimum Gasteiger partial charge on any atom is -0.353 e. The molecule has 1 aliphatic rings. The summed E-state index contributed by atoms with van der Waals surface area (Å²) in [7, 11) is 1.97. The molecule has 25 heavy (non-hydrogen) atoms. The van der Waals surface area contributed by atoms with E-state index in [0.29, 0.717) is 12.6 Å². The van der Waals surface area contributed by atoms with Gasteiger partial charge in [0.05, 0.1) is 0 Å². The van der Waals surface area contributed by atoms with Crippen LogP contribution in [0.15, 0.2) is 36.5 Å². The molecule has 1 aliphatic heterocycles. The van der Waals surface area contributed by atoms with E-state index in [1.165, 1.54) is 6.07 Å². The number of aryl methyl sites for hydroxylation is 1. The van der Waals surface area contributed by atoms with Crippen molar-refractivity contribution in [2.75, 3.05) is 13.1 Å². The quantitative estimate of drug-likeness (QED) is 0.819. The fourth-order valence-corrected chi connectivity index (χ4v) is 3.46. The summed E-state index contributed by atoms with van der Waals surface area (Å²) in [4.78, 5) is 13.8. The number of nitrogens with zero attached hydrogens (tertiary/aromatic N) is 2. The molecule has 0 bridgehead atoms. The highest BCUT2D eigenvalue weighted by atomic mass is 19.1. The van der Waals surface area contributed by atoms with Gasteiger partial charge < -0.3 is 9.88 Å². The minimum absolute atomic E-state index is 0.0931. The van der Waals surface area contributed by atoms with Gasteiger partial charge in [0, 0.05) is 55.7 Å². The van der Waals surface area contributed by atoms with Gasteiger partial charge in [-0.3, -0.25) is 9.69 Å². The number of piperidine rings is 1. The highest BCUT2D eigenvalue weighted by Gasteiger charge is 2.20. The number of benzene rings is 1. The first-order chi connectivity index (χ1) is 12.0. The molecular formula is C20H26FN3O. The molecule has 0 amide bonds. The van der Waals surface area contributed by atoms with Gasteiger partial charge in [-0.25, -0.2) is 4.39 Å². The molecule has 2 heterocycles. The topological polar surface area (TPSA) is 37.3 Å². The first kappa shape index (κ1) is 17.8. The third-order valence-electron chi connectivity index (χ3n) is 4.94. The largest absolute Gasteiger partial charge is 0.353 e. The van der Waals surface area contributed by atoms with Gasteiger partial charge in [-0.05, 0) is 38.4 Å². The summed E-state index contributed by atoms with van der Waals surface area (Å²) in [5.41, 5.74) is 2.62. The Morgan fingerprint density at radius 1 is 1.36 bits per heavy atom. The summed E-state index contributed by atoms with van der Waals surface area (Å²) in [6, 6.07) is 9.34. The summed E-state index contributed by atoms with van der Waals surface area (Å²) in [6.07, 6.45) is 4.11. The van der Waals surface area contributed by atoms with Crippen LogP contribution in [0.25, 0.3) is 0 Å². The van der Waals surface area contributed by atoms with E-state index in [1.54, 1.807) is 13.0 Å². The molecule has 0 saturated carbocycles. The van der Waals surface area contributed by atoms with Crippen LogP contribution in [0, 0.1) is 5.82 Å². The minimum atomic E-state index is -0.127. The van der Waals surface area contributed by atoms with Crippen LogP contribution in [0.5, 0.6) is 0 Å². The molecule has 1 unspecified atom stereocenters. The molecular weight excluding hydrogens is 317 g/mol. The van der Waals surface area contributed by atoms with E-state index in [-0.39, 0.29) is 11.6 Å². The van der Waals surface area contributed by atoms with Crippen molar-refractivity contribution in [2.45, 2.75) is 38.9 Å². The van der Waals surface area contributed by atoms with Crippen LogP contribution in [0.2, 0.25) is 0 Å². The molecule has 0 aliphatic carbocycles. The predicted octanol–water partition coefficient (Wildman–Crippen LogP) is 3.12. The lowest BCUT2D eigenvalue weighted by Crippen LogP contribution is -2.45. The number of hydrogen-bond donors (Lipinski definition) is 1. The maximum atomic E-state index is 13.9. The fraction of sp³-hybridized carbons (Fsp3) is 0.450. The number of Topliss-reactive ketones (excluding diaryl/α,β-unsaturated/α-hetero) is 1. The first-order valence-corrected chi connectivity index (χ1v) is 8.88. The summed E-state index contributed by atoms with van der Waals surface area (Å²) >= 11 is 0. The average Bonchev–Trinajstić information content (AvgIpc) is 2.97. The normalized spacial score (nSPS) is 18.4. The summed E-state index contributed by atoms with van der Waals surface area (Å²) < 4.78 is 15.9. The van der Waals surface area contributed by atoms with Crippen molar-refractivity contribution in [3.8, 4) is 0 Å². The number of likely N-dealkylation sites (tertiary alicyclic amines) is 1. The Morgan fingerprint density at radius 2 is 2.16 bits per heavy atom. The predicted molar refractivity (Wildman–Crippen MR) is 97.0 cm³/mol. The number of aromatic nitrogens is 1. The van der Waals surface area contributed by atoms with Crippen molar-refractivity contribution in [1.29, 1.82) is 0 Å². The first-order valence-electron chi connectivity index (χ1n) is 8.88. The lowest BCUT2D eigenvalue weighted by atomic mass is 10.0. The van der Waals surface area contributed by atoms with E-state index in [2.05, 4.69) is 10.2 Å². The highest BCUT2D eigenvalue weighted by molar-refractivity contribution is 5.94. The molecule has 0 radical (unpaired) electrons. The Labute approximate surface area is 148 Å². The molecule has 3 rings (SSSR count). The van der Waals surface area contributed by atoms with Gasteiger partial charge in [-0.15, -0.1) is 0 Å². The van der Waals surface area contributed by atoms with Gasteiger partial charge in [-0.2, -0.15) is 0 Å². The van der Waals surface area contributed by atoms with Crippen molar-refractivity contribution in [2.24, 2.45) is 7.05 Å². The van der Waals surface area contributed by atoms with Crippen LogP contribution < -0.4 is 5.32 Å². The molecule has 134 valence electrons. The second-order valence-corrected chi connectivity index (χ2v) is 6.93. The Hall–Kier alpha value is -1.98. The van der Waals surface area contributed by atoms with Gasteiger partial charge in [0.15, 0.2) is 5.78 Å². The Morgan fingerprint density at radius 3 is 2.88 bits per heavy atom. The SMILES string of the molecule is CC(=O)c1cc(CNC2CCCN(Cc3ccccc3F)C2)n(C)c1. The molecule has 1 atom stereocenters. The lowest BCUT2D eigenvalue weighted by molar-refractivity contribution is 0.101. The Bertz CT molecular complexity index is 740. The molecule has 0 spiro atoms. The highest BCUT2D eigenvalue weighted by Crippen LogP contribution is 2.16. The van der Waals surface area contributed by atoms with E-state index in [0.717, 1.165) is 49.3 Å². The number of carbonyl (C=O) groups is 1. The average molecular weight is 343 g/mol. The zero-order valence-corrected chi connectivity index (χ0v) is 15.0. The Kier molecular flexibility index (Phi) is 5.66. The summed E-state index contributed by atoms with van der Waals surface area (Å²) in [5.74, 6) is -0.0336. The van der Waals surface area contributed by atoms with E-state index in [1.807, 2.05) is 36.0 Å². The second-order valence-electron chi connectivity index (χ2n) is 6.93. The van der Waals surface area contributed by atoms with Crippen molar-refractivity contribution in [3.63, 3.8) is 0 Å². The monoisotopic (exact) mass is 343 g/mol. The van der Waals surface area contributed by atoms with E-state index in [9.17, 15) is 9.18 Å². The van der Waals surface area contributed by atoms with Crippen molar-refractivity contribution >= 4 is 5.78 Å². The van der Waals surface area contributed by atoms with Crippen molar-refractivity contribution in [3.05, 3.63) is 59.2 Å². The van der Waals surface area contributed by atoms with Gasteiger partial charge >= 0.3 is 0 Å². The van der Waals surface area contributed by atoms with Gasteiger partial charge in [-0.1, -0.05) is 18.2 Å². The van der Waals surface area contributed by atoms with Gasteiger partial charge in [0.25, 0.3) is 0 Å². The standard InChI is InChI=1S/C20H26FN3O/c1-15(25)17-10-19(23(2)12-17)11-22-18-7-5-9-24(14-18)13-16-6-3-4-8-20(16)21/h3-4,6,8,10,12,18,22H,5,7,9,11,13-14H2,1-2H3. The van der Waals surface area contributed by atoms with Crippen molar-refractivity contribution in [1.82, 2.24) is 14.8 Å². The lowest BCUT2D eigenvalue weighted by Gasteiger charge is -2.33. The van der Waals surface area contributed by atoms with E-state index >= 15 is 0 Å². The van der Waals surface area contributed by atoms with E-state index in [4.69, 9.17) is 0 Å². The number of rotatable bonds is 6. The molecule has 1 fully saturated rings. The van der Waals surface area contributed by atoms with Crippen LogP contribution in [0.4, 0.5) is 4.39 Å². The number of ketones is 1. The van der Waals surface area contributed by atoms with Crippen LogP contribution >= 0.6 is 0 Å². The van der Waals surface area contributed by atoms with Gasteiger partial charge in [0.2, 0.25) is 0 Å². The smallest absolute Gasteiger partial charge is 0.161 e. The molecule has 1 N–H and O–H groups in total. The van der Waals surface area contributed by atoms with Crippen LogP contribution in [-0.4, -0.2) is 34.4 Å². The van der Waals surface area contributed by atoms with Crippen LogP contribution in [-0.2, 0) is 20.1 Å². The third kappa shape index (κ3) is 4.55. The molecule has 1 aromatic carbocycles. The number of carbonyl (C=O) groups excluding carboxylic acids is 1. The summed E-state index contributed by atoms with van der Waals surface area (Å²) in [6.45, 7) is 4.91. The maximum absolute atomic E-state index is 13.9. The van der Waals surface area contributed by atoms with Gasteiger partial charge in [0.1, 0.15) is 5.82 Å². The molecule has 1 saturated heterocycles. The third-order valence-corrected chi connectivity index (χ3v) is 4.94. The zero-order chi connectivity index (χ0) is 17.8. The second kappa shape index (κ2) is 7.93. The zero-order valence-electron chi connectivity index (χ0n) is 15.0. The van der Waals surface area contributed by atoms with Crippen molar-refractivity contribution < 1.29 is 9.18 Å². The molecule has 2 aromatic rings. The van der Waals surface area contributed by atoms with E-state index < -0.39 is 0 Å². The maximum Gasteiger partial charge on any atom is 0.161 e. The molecule has 5 heteroatoms. The number of halogens is 1. The van der Waals surface area contributed by atoms with Crippen LogP contribution in [0.1, 0.15) is 41.4 Å². The summed E-state index contributed by atoms with van der Waals surface area (Å²) in [5, 5.41) is 3.59. The molecule has 4 nitrogen and oxygen atoms in total. The number of nitrogens with one attached hydrogen (secondary N) is 1. The molecule has 1 aromatic heterocycles. The fourth-order valence-electron chi connectivity index (χ4n) is 3.46. The number of hydrogen-bond acceptors (Lipinski definition) is 3. The Balaban J connectivity index is 1.55. The van der Waals surface area contributed by atoms with Crippen LogP contribution in [0.3, 0.4) is 0 Å².